The first-order chi connectivity index (χ1) is 22.1. The van der Waals surface area contributed by atoms with Crippen LogP contribution < -0.4 is 11.1 Å². The quantitative estimate of drug-likeness (QED) is 0.168. The molecule has 0 spiro atoms. The minimum Gasteiger partial charge on any atom is -0.352 e. The van der Waals surface area contributed by atoms with E-state index in [9.17, 15) is 17.6 Å². The van der Waals surface area contributed by atoms with Crippen molar-refractivity contribution in [1.82, 2.24) is 30.1 Å². The molecule has 5 aromatic heterocycles. The number of amides is 1. The van der Waals surface area contributed by atoms with Gasteiger partial charge in [-0.3, -0.25) is 19.9 Å². The molecule has 1 aliphatic carbocycles. The molecule has 1 amide bonds. The molecular formula is C33H31FN8O3S. The zero-order valence-corrected chi connectivity index (χ0v) is 25.7. The number of hydrogen-bond acceptors (Lipinski definition) is 8. The minimum absolute atomic E-state index is 0.0314. The van der Waals surface area contributed by atoms with E-state index in [2.05, 4.69) is 35.5 Å². The number of benzene rings is 1. The van der Waals surface area contributed by atoms with E-state index in [0.29, 0.717) is 39.4 Å². The van der Waals surface area contributed by atoms with Gasteiger partial charge in [-0.25, -0.2) is 17.8 Å². The van der Waals surface area contributed by atoms with Crippen molar-refractivity contribution in [3.8, 4) is 33.6 Å². The van der Waals surface area contributed by atoms with Crippen LogP contribution in [0.3, 0.4) is 0 Å². The Balaban J connectivity index is 1.23. The van der Waals surface area contributed by atoms with Crippen LogP contribution in [0.5, 0.6) is 0 Å². The SMILES string of the molecule is CS(=O)(=O)C(N)c1cc(F)cc(-c2cncc3[nH]c(-c4[nH]nc5ncc(-c6cncc(NC(=O)C7CCCCC7)c6)cc45)cc23)c1. The molecule has 1 fully saturated rings. The number of hydrogen-bond donors (Lipinski definition) is 4. The predicted octanol–water partition coefficient (Wildman–Crippen LogP) is 5.89. The second kappa shape index (κ2) is 11.7. The van der Waals surface area contributed by atoms with Gasteiger partial charge in [-0.1, -0.05) is 19.3 Å². The summed E-state index contributed by atoms with van der Waals surface area (Å²) >= 11 is 0. The molecule has 6 aromatic rings. The summed E-state index contributed by atoms with van der Waals surface area (Å²) in [6, 6.07) is 9.77. The fraction of sp³-hybridized carbons (Fsp3) is 0.242. The summed E-state index contributed by atoms with van der Waals surface area (Å²) in [6.07, 6.45) is 14.5. The van der Waals surface area contributed by atoms with E-state index in [1.807, 2.05) is 18.2 Å². The first-order valence-electron chi connectivity index (χ1n) is 15.0. The van der Waals surface area contributed by atoms with Crippen molar-refractivity contribution >= 4 is 43.4 Å². The Morgan fingerprint density at radius 2 is 1.72 bits per heavy atom. The van der Waals surface area contributed by atoms with Crippen LogP contribution in [0, 0.1) is 11.7 Å². The standard InChI is InChI=1S/C33H31FN8O3S/c1-46(44,45)31(35)20-7-19(8-23(34)9-20)27-16-37-17-29-25(27)12-28(40-29)30-26-11-22(14-38-32(26)42-41-30)21-10-24(15-36-13-21)39-33(43)18-5-3-2-4-6-18/h7-18,31,40H,2-6,35H2,1H3,(H,39,43)(H,38,41,42). The molecule has 11 nitrogen and oxygen atoms in total. The van der Waals surface area contributed by atoms with Crippen molar-refractivity contribution in [2.75, 3.05) is 11.6 Å². The second-order valence-corrected chi connectivity index (χ2v) is 14.0. The molecule has 46 heavy (non-hydrogen) atoms. The van der Waals surface area contributed by atoms with Crippen molar-refractivity contribution in [1.29, 1.82) is 0 Å². The molecule has 1 aliphatic rings. The Kier molecular flexibility index (Phi) is 7.57. The number of rotatable bonds is 7. The van der Waals surface area contributed by atoms with Gasteiger partial charge in [0, 0.05) is 58.2 Å². The number of fused-ring (bicyclic) bond motifs is 2. The van der Waals surface area contributed by atoms with Gasteiger partial charge in [0.25, 0.3) is 0 Å². The van der Waals surface area contributed by atoms with Gasteiger partial charge in [0.2, 0.25) is 5.91 Å². The number of carbonyl (C=O) groups excluding carboxylic acids is 1. The molecule has 5 heterocycles. The van der Waals surface area contributed by atoms with E-state index in [1.165, 1.54) is 12.5 Å². The molecule has 0 radical (unpaired) electrons. The average Bonchev–Trinajstić information content (AvgIpc) is 3.68. The zero-order chi connectivity index (χ0) is 32.0. The van der Waals surface area contributed by atoms with Gasteiger partial charge in [-0.05, 0) is 60.4 Å². The predicted molar refractivity (Wildman–Crippen MR) is 175 cm³/mol. The fourth-order valence-electron chi connectivity index (χ4n) is 6.13. The van der Waals surface area contributed by atoms with Crippen molar-refractivity contribution in [2.45, 2.75) is 37.5 Å². The van der Waals surface area contributed by atoms with Crippen LogP contribution in [0.15, 0.2) is 67.4 Å². The van der Waals surface area contributed by atoms with Gasteiger partial charge in [0.15, 0.2) is 15.5 Å². The molecule has 0 saturated heterocycles. The van der Waals surface area contributed by atoms with Gasteiger partial charge in [0.05, 0.1) is 35.0 Å². The van der Waals surface area contributed by atoms with E-state index >= 15 is 0 Å². The largest absolute Gasteiger partial charge is 0.352 e. The van der Waals surface area contributed by atoms with E-state index in [-0.39, 0.29) is 17.4 Å². The molecule has 0 bridgehead atoms. The maximum atomic E-state index is 14.7. The lowest BCUT2D eigenvalue weighted by molar-refractivity contribution is -0.120. The van der Waals surface area contributed by atoms with Gasteiger partial charge < -0.3 is 16.0 Å². The molecule has 1 saturated carbocycles. The monoisotopic (exact) mass is 638 g/mol. The highest BCUT2D eigenvalue weighted by Crippen LogP contribution is 2.36. The highest BCUT2D eigenvalue weighted by molar-refractivity contribution is 7.90. The third-order valence-electron chi connectivity index (χ3n) is 8.56. The smallest absolute Gasteiger partial charge is 0.227 e. The zero-order valence-electron chi connectivity index (χ0n) is 24.9. The molecule has 5 N–H and O–H groups in total. The molecule has 1 aromatic carbocycles. The van der Waals surface area contributed by atoms with E-state index < -0.39 is 21.0 Å². The highest BCUT2D eigenvalue weighted by atomic mass is 32.2. The molecule has 0 aliphatic heterocycles. The Hall–Kier alpha value is -5.01. The topological polar surface area (TPSA) is 172 Å². The Bertz CT molecular complexity index is 2220. The lowest BCUT2D eigenvalue weighted by Crippen LogP contribution is -2.24. The summed E-state index contributed by atoms with van der Waals surface area (Å²) in [5.74, 6) is -0.543. The van der Waals surface area contributed by atoms with E-state index in [0.717, 1.165) is 59.9 Å². The van der Waals surface area contributed by atoms with Crippen LogP contribution in [0.2, 0.25) is 0 Å². The van der Waals surface area contributed by atoms with Crippen LogP contribution in [0.4, 0.5) is 10.1 Å². The van der Waals surface area contributed by atoms with Crippen LogP contribution in [-0.4, -0.2) is 50.7 Å². The number of aromatic amines is 2. The number of halogens is 1. The number of anilines is 1. The number of nitrogens with two attached hydrogens (primary N) is 1. The van der Waals surface area contributed by atoms with Crippen LogP contribution in [-0.2, 0) is 14.6 Å². The van der Waals surface area contributed by atoms with Crippen LogP contribution >= 0.6 is 0 Å². The number of sulfone groups is 1. The molecule has 1 unspecified atom stereocenters. The van der Waals surface area contributed by atoms with Gasteiger partial charge in [-0.2, -0.15) is 5.10 Å². The first-order valence-corrected chi connectivity index (χ1v) is 16.9. The third-order valence-corrected chi connectivity index (χ3v) is 9.76. The van der Waals surface area contributed by atoms with Crippen molar-refractivity contribution in [2.24, 2.45) is 11.7 Å². The lowest BCUT2D eigenvalue weighted by atomic mass is 9.88. The molecule has 13 heteroatoms. The summed E-state index contributed by atoms with van der Waals surface area (Å²) in [7, 11) is -3.65. The lowest BCUT2D eigenvalue weighted by Gasteiger charge is -2.20. The first kappa shape index (κ1) is 29.7. The van der Waals surface area contributed by atoms with E-state index in [4.69, 9.17) is 5.73 Å². The average molecular weight is 639 g/mol. The summed E-state index contributed by atoms with van der Waals surface area (Å²) in [5, 5.41) is 10.6. The summed E-state index contributed by atoms with van der Waals surface area (Å²) in [4.78, 5) is 29.4. The normalized spacial score (nSPS) is 14.9. The van der Waals surface area contributed by atoms with Gasteiger partial charge in [0.1, 0.15) is 11.2 Å². The maximum Gasteiger partial charge on any atom is 0.227 e. The molecular weight excluding hydrogens is 607 g/mol. The number of H-pyrrole nitrogens is 2. The third kappa shape index (κ3) is 5.74. The number of pyridine rings is 3. The number of nitrogens with one attached hydrogen (secondary N) is 3. The molecule has 234 valence electrons. The maximum absolute atomic E-state index is 14.7. The van der Waals surface area contributed by atoms with Gasteiger partial charge >= 0.3 is 0 Å². The second-order valence-electron chi connectivity index (χ2n) is 11.8. The van der Waals surface area contributed by atoms with Crippen LogP contribution in [0.25, 0.3) is 55.6 Å². The Morgan fingerprint density at radius 1 is 0.935 bits per heavy atom. The minimum atomic E-state index is -3.65. The fourth-order valence-corrected chi connectivity index (χ4v) is 6.76. The summed E-state index contributed by atoms with van der Waals surface area (Å²) in [6.45, 7) is 0. The van der Waals surface area contributed by atoms with Crippen LogP contribution in [0.1, 0.15) is 43.0 Å². The highest BCUT2D eigenvalue weighted by Gasteiger charge is 2.22. The van der Waals surface area contributed by atoms with Crippen molar-refractivity contribution in [3.63, 3.8) is 0 Å². The Labute approximate surface area is 263 Å². The van der Waals surface area contributed by atoms with Gasteiger partial charge in [-0.15, -0.1) is 0 Å². The summed E-state index contributed by atoms with van der Waals surface area (Å²) < 4.78 is 38.8. The number of carbonyl (C=O) groups is 1. The molecule has 7 rings (SSSR count). The van der Waals surface area contributed by atoms with Crippen molar-refractivity contribution < 1.29 is 17.6 Å². The van der Waals surface area contributed by atoms with E-state index in [1.54, 1.807) is 37.1 Å². The van der Waals surface area contributed by atoms with Crippen molar-refractivity contribution in [3.05, 3.63) is 78.8 Å². The number of nitrogens with zero attached hydrogens (tertiary/aromatic N) is 4. The number of aromatic nitrogens is 6. The Morgan fingerprint density at radius 3 is 2.52 bits per heavy atom. The molecule has 1 atom stereocenters. The summed E-state index contributed by atoms with van der Waals surface area (Å²) in [5.41, 5.74) is 11.9.